The molecule has 4 atom stereocenters. The van der Waals surface area contributed by atoms with Gasteiger partial charge in [-0.1, -0.05) is 13.0 Å². The van der Waals surface area contributed by atoms with Crippen molar-refractivity contribution < 1.29 is 14.3 Å². The molecular formula is C25H34N2O3. The summed E-state index contributed by atoms with van der Waals surface area (Å²) in [5, 5.41) is 0. The SMILES string of the molecule is COc1ccc2c(c1)CC[C@@H]1C2CC[C@]2(C)C(=O)N(CCN3CCCC3)C(=O)CC12. The number of hydrogen-bond acceptors (Lipinski definition) is 4. The van der Waals surface area contributed by atoms with E-state index in [9.17, 15) is 9.59 Å². The second kappa shape index (κ2) is 7.67. The normalized spacial score (nSPS) is 33.8. The maximum Gasteiger partial charge on any atom is 0.235 e. The third-order valence-corrected chi connectivity index (χ3v) is 8.59. The lowest BCUT2D eigenvalue weighted by atomic mass is 9.52. The number of nitrogens with zero attached hydrogens (tertiary/aromatic N) is 2. The molecule has 2 saturated heterocycles. The molecule has 3 fully saturated rings. The van der Waals surface area contributed by atoms with Gasteiger partial charge >= 0.3 is 0 Å². The van der Waals surface area contributed by atoms with Gasteiger partial charge in [0.25, 0.3) is 0 Å². The highest BCUT2D eigenvalue weighted by Gasteiger charge is 2.57. The molecule has 2 aliphatic heterocycles. The summed E-state index contributed by atoms with van der Waals surface area (Å²) in [7, 11) is 1.72. The summed E-state index contributed by atoms with van der Waals surface area (Å²) in [6.07, 6.45) is 7.01. The van der Waals surface area contributed by atoms with Crippen LogP contribution in [0.1, 0.15) is 62.5 Å². The first kappa shape index (κ1) is 20.0. The molecule has 5 nitrogen and oxygen atoms in total. The molecule has 0 N–H and O–H groups in total. The van der Waals surface area contributed by atoms with Crippen molar-refractivity contribution in [1.29, 1.82) is 0 Å². The smallest absolute Gasteiger partial charge is 0.235 e. The van der Waals surface area contributed by atoms with E-state index in [1.54, 1.807) is 12.0 Å². The first-order valence-electron chi connectivity index (χ1n) is 11.8. The Morgan fingerprint density at radius 1 is 1.13 bits per heavy atom. The minimum atomic E-state index is -0.385. The Morgan fingerprint density at radius 2 is 1.93 bits per heavy atom. The van der Waals surface area contributed by atoms with Crippen molar-refractivity contribution in [2.75, 3.05) is 33.3 Å². The molecule has 0 aromatic heterocycles. The number of fused-ring (bicyclic) bond motifs is 5. The Kier molecular flexibility index (Phi) is 5.12. The van der Waals surface area contributed by atoms with Gasteiger partial charge in [0.1, 0.15) is 5.75 Å². The van der Waals surface area contributed by atoms with Crippen LogP contribution in [0.25, 0.3) is 0 Å². The van der Waals surface area contributed by atoms with Crippen LogP contribution in [0.15, 0.2) is 18.2 Å². The Hall–Kier alpha value is -1.88. The van der Waals surface area contributed by atoms with E-state index in [4.69, 9.17) is 4.74 Å². The molecule has 2 aliphatic carbocycles. The second-order valence-electron chi connectivity index (χ2n) is 10.0. The van der Waals surface area contributed by atoms with Gasteiger partial charge in [-0.2, -0.15) is 0 Å². The lowest BCUT2D eigenvalue weighted by molar-refractivity contribution is -0.167. The average molecular weight is 411 g/mol. The molecule has 5 heteroatoms. The number of rotatable bonds is 4. The third-order valence-electron chi connectivity index (χ3n) is 8.59. The van der Waals surface area contributed by atoms with Gasteiger partial charge < -0.3 is 9.64 Å². The summed E-state index contributed by atoms with van der Waals surface area (Å²) in [5.41, 5.74) is 2.43. The van der Waals surface area contributed by atoms with Gasteiger partial charge in [0.15, 0.2) is 0 Å². The molecule has 0 bridgehead atoms. The number of methoxy groups -OCH3 is 1. The number of likely N-dealkylation sites (tertiary alicyclic amines) is 2. The maximum atomic E-state index is 13.6. The first-order chi connectivity index (χ1) is 14.5. The number of ether oxygens (including phenoxy) is 1. The van der Waals surface area contributed by atoms with Crippen LogP contribution in [0.2, 0.25) is 0 Å². The molecule has 0 radical (unpaired) electrons. The zero-order valence-corrected chi connectivity index (χ0v) is 18.4. The van der Waals surface area contributed by atoms with Crippen molar-refractivity contribution in [3.8, 4) is 5.75 Å². The van der Waals surface area contributed by atoms with Gasteiger partial charge in [-0.25, -0.2) is 0 Å². The molecule has 2 amide bonds. The van der Waals surface area contributed by atoms with Crippen LogP contribution in [0.3, 0.4) is 0 Å². The molecule has 2 unspecified atom stereocenters. The van der Waals surface area contributed by atoms with Gasteiger partial charge in [-0.05, 0) is 92.6 Å². The minimum Gasteiger partial charge on any atom is -0.497 e. The van der Waals surface area contributed by atoms with Crippen molar-refractivity contribution in [3.63, 3.8) is 0 Å². The molecule has 5 rings (SSSR count). The van der Waals surface area contributed by atoms with Crippen LogP contribution >= 0.6 is 0 Å². The fraction of sp³-hybridized carbons (Fsp3) is 0.680. The predicted molar refractivity (Wildman–Crippen MR) is 115 cm³/mol. The summed E-state index contributed by atoms with van der Waals surface area (Å²) >= 11 is 0. The fourth-order valence-corrected chi connectivity index (χ4v) is 6.84. The van der Waals surface area contributed by atoms with E-state index < -0.39 is 0 Å². The molecular weight excluding hydrogens is 376 g/mol. The third kappa shape index (κ3) is 3.17. The highest BCUT2D eigenvalue weighted by atomic mass is 16.5. The Balaban J connectivity index is 1.36. The molecule has 0 spiro atoms. The molecule has 1 saturated carbocycles. The van der Waals surface area contributed by atoms with E-state index in [-0.39, 0.29) is 23.1 Å². The number of carbonyl (C=O) groups excluding carboxylic acids is 2. The first-order valence-corrected chi connectivity index (χ1v) is 11.8. The van der Waals surface area contributed by atoms with E-state index in [2.05, 4.69) is 30.0 Å². The minimum absolute atomic E-state index is 0.0582. The summed E-state index contributed by atoms with van der Waals surface area (Å²) in [5.74, 6) is 2.15. The predicted octanol–water partition coefficient (Wildman–Crippen LogP) is 3.61. The summed E-state index contributed by atoms with van der Waals surface area (Å²) in [4.78, 5) is 30.6. The summed E-state index contributed by atoms with van der Waals surface area (Å²) < 4.78 is 5.42. The second-order valence-corrected chi connectivity index (χ2v) is 10.0. The van der Waals surface area contributed by atoms with Gasteiger partial charge in [-0.3, -0.25) is 14.5 Å². The van der Waals surface area contributed by atoms with Crippen LogP contribution in [0, 0.1) is 17.3 Å². The Bertz CT molecular complexity index is 847. The standard InChI is InChI=1S/C25H34N2O3/c1-25-10-9-20-19-8-6-18(30-2)15-17(19)5-7-21(20)22(25)16-23(28)27(24(25)29)14-13-26-11-3-4-12-26/h6,8,15,20-22H,3-5,7,9-14,16H2,1-2H3/t20?,21-,22?,25+/m1/s1. The van der Waals surface area contributed by atoms with Crippen LogP contribution < -0.4 is 4.74 Å². The molecule has 4 aliphatic rings. The highest BCUT2D eigenvalue weighted by molar-refractivity contribution is 6.01. The van der Waals surface area contributed by atoms with E-state index in [1.165, 1.54) is 24.0 Å². The van der Waals surface area contributed by atoms with Crippen molar-refractivity contribution in [2.24, 2.45) is 17.3 Å². The van der Waals surface area contributed by atoms with E-state index >= 15 is 0 Å². The zero-order chi connectivity index (χ0) is 20.9. The molecule has 2 heterocycles. The van der Waals surface area contributed by atoms with E-state index in [0.717, 1.165) is 51.1 Å². The number of imide groups is 1. The fourth-order valence-electron chi connectivity index (χ4n) is 6.84. The number of aryl methyl sites for hydroxylation is 1. The number of carbonyl (C=O) groups is 2. The Labute approximate surface area is 179 Å². The van der Waals surface area contributed by atoms with Crippen molar-refractivity contribution in [2.45, 2.75) is 57.8 Å². The maximum absolute atomic E-state index is 13.6. The average Bonchev–Trinajstić information content (AvgIpc) is 3.27. The van der Waals surface area contributed by atoms with Gasteiger partial charge in [-0.15, -0.1) is 0 Å². The monoisotopic (exact) mass is 410 g/mol. The van der Waals surface area contributed by atoms with E-state index in [1.807, 2.05) is 0 Å². The largest absolute Gasteiger partial charge is 0.497 e. The topological polar surface area (TPSA) is 49.9 Å². The molecule has 30 heavy (non-hydrogen) atoms. The van der Waals surface area contributed by atoms with Gasteiger partial charge in [0, 0.05) is 19.5 Å². The number of amides is 2. The highest BCUT2D eigenvalue weighted by Crippen LogP contribution is 2.58. The van der Waals surface area contributed by atoms with E-state index in [0.29, 0.717) is 24.8 Å². The number of piperidine rings is 1. The Morgan fingerprint density at radius 3 is 2.70 bits per heavy atom. The van der Waals surface area contributed by atoms with Crippen LogP contribution in [0.5, 0.6) is 5.75 Å². The van der Waals surface area contributed by atoms with Crippen LogP contribution in [0.4, 0.5) is 0 Å². The van der Waals surface area contributed by atoms with Crippen molar-refractivity contribution in [1.82, 2.24) is 9.80 Å². The van der Waals surface area contributed by atoms with Crippen LogP contribution in [-0.2, 0) is 16.0 Å². The lowest BCUT2D eigenvalue weighted by Crippen LogP contribution is -2.60. The zero-order valence-electron chi connectivity index (χ0n) is 18.4. The molecule has 1 aromatic rings. The van der Waals surface area contributed by atoms with Crippen molar-refractivity contribution >= 4 is 11.8 Å². The van der Waals surface area contributed by atoms with Gasteiger partial charge in [0.2, 0.25) is 11.8 Å². The van der Waals surface area contributed by atoms with Crippen LogP contribution in [-0.4, -0.2) is 54.9 Å². The lowest BCUT2D eigenvalue weighted by Gasteiger charge is -2.54. The summed E-state index contributed by atoms with van der Waals surface area (Å²) in [6.45, 7) is 5.75. The molecule has 1 aromatic carbocycles. The summed E-state index contributed by atoms with van der Waals surface area (Å²) in [6, 6.07) is 6.46. The molecule has 162 valence electrons. The quantitative estimate of drug-likeness (QED) is 0.712. The number of benzene rings is 1. The number of hydrogen-bond donors (Lipinski definition) is 0. The van der Waals surface area contributed by atoms with Crippen molar-refractivity contribution in [3.05, 3.63) is 29.3 Å². The van der Waals surface area contributed by atoms with Gasteiger partial charge in [0.05, 0.1) is 12.5 Å².